The molecule has 0 aliphatic heterocycles. The molecule has 0 fully saturated rings. The van der Waals surface area contributed by atoms with Crippen molar-refractivity contribution in [3.63, 3.8) is 0 Å². The van der Waals surface area contributed by atoms with E-state index >= 15 is 0 Å². The highest BCUT2D eigenvalue weighted by molar-refractivity contribution is 7.89. The van der Waals surface area contributed by atoms with Crippen molar-refractivity contribution in [1.29, 1.82) is 0 Å². The van der Waals surface area contributed by atoms with E-state index in [1.54, 1.807) is 31.4 Å². The van der Waals surface area contributed by atoms with Crippen molar-refractivity contribution in [3.8, 4) is 5.75 Å². The lowest BCUT2D eigenvalue weighted by Crippen LogP contribution is -2.30. The summed E-state index contributed by atoms with van der Waals surface area (Å²) < 4.78 is 31.4. The van der Waals surface area contributed by atoms with Gasteiger partial charge >= 0.3 is 0 Å². The Morgan fingerprint density at radius 3 is 2.04 bits per heavy atom. The lowest BCUT2D eigenvalue weighted by atomic mass is 10.1. The Kier molecular flexibility index (Phi) is 7.38. The summed E-state index contributed by atoms with van der Waals surface area (Å²) in [5.74, 6) is 0.652. The van der Waals surface area contributed by atoms with Crippen molar-refractivity contribution in [2.45, 2.75) is 31.7 Å². The first-order valence-electron chi connectivity index (χ1n) is 8.89. The summed E-state index contributed by atoms with van der Waals surface area (Å²) >= 11 is 0. The molecule has 0 spiro atoms. The molecule has 0 heterocycles. The van der Waals surface area contributed by atoms with Gasteiger partial charge in [0.25, 0.3) is 0 Å². The fourth-order valence-corrected chi connectivity index (χ4v) is 4.14. The van der Waals surface area contributed by atoms with E-state index in [0.717, 1.165) is 16.9 Å². The first-order valence-corrected chi connectivity index (χ1v) is 10.3. The number of methoxy groups -OCH3 is 1. The summed E-state index contributed by atoms with van der Waals surface area (Å²) in [6.07, 6.45) is 0.276. The van der Waals surface area contributed by atoms with Crippen molar-refractivity contribution in [2.75, 3.05) is 20.2 Å². The molecule has 6 nitrogen and oxygen atoms in total. The molecule has 2 aromatic carbocycles. The molecule has 0 atom stereocenters. The monoisotopic (exact) mass is 390 g/mol. The van der Waals surface area contributed by atoms with Crippen LogP contribution in [0.25, 0.3) is 0 Å². The maximum Gasteiger partial charge on any atom is 0.243 e. The van der Waals surface area contributed by atoms with Crippen LogP contribution in [0, 0.1) is 0 Å². The van der Waals surface area contributed by atoms with Crippen LogP contribution in [0.5, 0.6) is 5.75 Å². The van der Waals surface area contributed by atoms with Gasteiger partial charge < -0.3 is 10.1 Å². The Morgan fingerprint density at radius 2 is 1.52 bits per heavy atom. The first kappa shape index (κ1) is 20.9. The second-order valence-electron chi connectivity index (χ2n) is 6.03. The fraction of sp³-hybridized carbons (Fsp3) is 0.350. The second-order valence-corrected chi connectivity index (χ2v) is 7.97. The molecule has 1 amide bonds. The largest absolute Gasteiger partial charge is 0.497 e. The van der Waals surface area contributed by atoms with Gasteiger partial charge in [-0.1, -0.05) is 38.1 Å². The van der Waals surface area contributed by atoms with Crippen LogP contribution >= 0.6 is 0 Å². The Bertz CT molecular complexity index is 843. The van der Waals surface area contributed by atoms with Gasteiger partial charge in [-0.15, -0.1) is 0 Å². The van der Waals surface area contributed by atoms with Crippen molar-refractivity contribution in [1.82, 2.24) is 9.62 Å². The molecule has 0 saturated heterocycles. The molecule has 7 heteroatoms. The Hall–Kier alpha value is -2.38. The molecule has 0 aromatic heterocycles. The lowest BCUT2D eigenvalue weighted by Gasteiger charge is -2.18. The lowest BCUT2D eigenvalue weighted by molar-refractivity contribution is -0.120. The van der Waals surface area contributed by atoms with E-state index in [4.69, 9.17) is 4.74 Å². The summed E-state index contributed by atoms with van der Waals surface area (Å²) in [6.45, 7) is 4.84. The number of nitrogens with one attached hydrogen (secondary N) is 1. The zero-order valence-corrected chi connectivity index (χ0v) is 16.8. The number of carbonyl (C=O) groups excluding carboxylic acids is 1. The molecular formula is C20H26N2O4S. The van der Waals surface area contributed by atoms with E-state index in [1.807, 2.05) is 38.1 Å². The molecule has 0 radical (unpaired) electrons. The van der Waals surface area contributed by atoms with Crippen LogP contribution in [-0.4, -0.2) is 38.8 Å². The average Bonchev–Trinajstić information content (AvgIpc) is 2.68. The van der Waals surface area contributed by atoms with E-state index in [0.29, 0.717) is 19.6 Å². The first-order chi connectivity index (χ1) is 12.9. The van der Waals surface area contributed by atoms with Gasteiger partial charge in [0, 0.05) is 19.6 Å². The van der Waals surface area contributed by atoms with E-state index in [9.17, 15) is 13.2 Å². The molecule has 146 valence electrons. The van der Waals surface area contributed by atoms with Crippen molar-refractivity contribution < 1.29 is 17.9 Å². The van der Waals surface area contributed by atoms with Crippen LogP contribution in [0.1, 0.15) is 25.0 Å². The van der Waals surface area contributed by atoms with Crippen LogP contribution in [0.3, 0.4) is 0 Å². The SMILES string of the molecule is CCN(CC)S(=O)(=O)c1ccc(CNC(=O)Cc2ccc(OC)cc2)cc1. The number of amides is 1. The molecule has 2 rings (SSSR count). The molecule has 0 aliphatic carbocycles. The topological polar surface area (TPSA) is 75.7 Å². The van der Waals surface area contributed by atoms with Gasteiger partial charge in [0.15, 0.2) is 0 Å². The number of ether oxygens (including phenoxy) is 1. The maximum atomic E-state index is 12.5. The normalized spacial score (nSPS) is 11.4. The van der Waals surface area contributed by atoms with Crippen LogP contribution in [0.2, 0.25) is 0 Å². The molecule has 0 saturated carbocycles. The average molecular weight is 391 g/mol. The molecule has 0 bridgehead atoms. The van der Waals surface area contributed by atoms with E-state index < -0.39 is 10.0 Å². The van der Waals surface area contributed by atoms with Gasteiger partial charge in [0.2, 0.25) is 15.9 Å². The maximum absolute atomic E-state index is 12.5. The molecule has 0 aliphatic rings. The Balaban J connectivity index is 1.93. The standard InChI is InChI=1S/C20H26N2O4S/c1-4-22(5-2)27(24,25)19-12-8-17(9-13-19)15-21-20(23)14-16-6-10-18(26-3)11-7-16/h6-13H,4-5,14-15H2,1-3H3,(H,21,23). The molecule has 27 heavy (non-hydrogen) atoms. The number of sulfonamides is 1. The van der Waals surface area contributed by atoms with Crippen LogP contribution in [-0.2, 0) is 27.8 Å². The number of carbonyl (C=O) groups is 1. The Morgan fingerprint density at radius 1 is 0.963 bits per heavy atom. The van der Waals surface area contributed by atoms with Crippen molar-refractivity contribution in [3.05, 3.63) is 59.7 Å². The number of nitrogens with zero attached hydrogens (tertiary/aromatic N) is 1. The fourth-order valence-electron chi connectivity index (χ4n) is 2.68. The highest BCUT2D eigenvalue weighted by Gasteiger charge is 2.21. The quantitative estimate of drug-likeness (QED) is 0.714. The summed E-state index contributed by atoms with van der Waals surface area (Å²) in [6, 6.07) is 14.0. The summed E-state index contributed by atoms with van der Waals surface area (Å²) in [4.78, 5) is 12.4. The number of hydrogen-bond donors (Lipinski definition) is 1. The molecular weight excluding hydrogens is 364 g/mol. The highest BCUT2D eigenvalue weighted by Crippen LogP contribution is 2.16. The predicted molar refractivity (Wildman–Crippen MR) is 105 cm³/mol. The van der Waals surface area contributed by atoms with Crippen LogP contribution in [0.4, 0.5) is 0 Å². The Labute approximate surface area is 161 Å². The van der Waals surface area contributed by atoms with Gasteiger partial charge in [0.1, 0.15) is 5.75 Å². The summed E-state index contributed by atoms with van der Waals surface area (Å²) in [7, 11) is -1.86. The smallest absolute Gasteiger partial charge is 0.243 e. The third-order valence-corrected chi connectivity index (χ3v) is 6.34. The minimum atomic E-state index is -3.46. The highest BCUT2D eigenvalue weighted by atomic mass is 32.2. The predicted octanol–water partition coefficient (Wildman–Crippen LogP) is 2.58. The van der Waals surface area contributed by atoms with E-state index in [-0.39, 0.29) is 17.2 Å². The molecule has 0 unspecified atom stereocenters. The van der Waals surface area contributed by atoms with Crippen molar-refractivity contribution >= 4 is 15.9 Å². The summed E-state index contributed by atoms with van der Waals surface area (Å²) in [5, 5.41) is 2.85. The number of rotatable bonds is 9. The zero-order chi connectivity index (χ0) is 19.9. The number of benzene rings is 2. The minimum Gasteiger partial charge on any atom is -0.497 e. The van der Waals surface area contributed by atoms with Gasteiger partial charge in [-0.3, -0.25) is 4.79 Å². The van der Waals surface area contributed by atoms with E-state index in [2.05, 4.69) is 5.32 Å². The second kappa shape index (κ2) is 9.53. The molecule has 1 N–H and O–H groups in total. The van der Waals surface area contributed by atoms with Crippen molar-refractivity contribution in [2.24, 2.45) is 0 Å². The summed E-state index contributed by atoms with van der Waals surface area (Å²) in [5.41, 5.74) is 1.74. The van der Waals surface area contributed by atoms with E-state index in [1.165, 1.54) is 4.31 Å². The minimum absolute atomic E-state index is 0.0972. The van der Waals surface area contributed by atoms with Crippen LogP contribution < -0.4 is 10.1 Å². The van der Waals surface area contributed by atoms with Crippen LogP contribution in [0.15, 0.2) is 53.4 Å². The number of hydrogen-bond acceptors (Lipinski definition) is 4. The molecule has 2 aromatic rings. The third-order valence-electron chi connectivity index (χ3n) is 4.28. The van der Waals surface area contributed by atoms with Gasteiger partial charge in [-0.2, -0.15) is 4.31 Å². The van der Waals surface area contributed by atoms with Gasteiger partial charge in [-0.05, 0) is 35.4 Å². The third kappa shape index (κ3) is 5.55. The van der Waals surface area contributed by atoms with Gasteiger partial charge in [-0.25, -0.2) is 8.42 Å². The van der Waals surface area contributed by atoms with Gasteiger partial charge in [0.05, 0.1) is 18.4 Å². The zero-order valence-electron chi connectivity index (χ0n) is 15.9.